The number of fused-ring (bicyclic) bond motifs is 3. The highest BCUT2D eigenvalue weighted by Gasteiger charge is 2.48. The molecule has 3 rings (SSSR count). The molecule has 0 unspecified atom stereocenters. The number of alkyl halides is 3. The van der Waals surface area contributed by atoms with Crippen LogP contribution in [0, 0.1) is 0 Å². The van der Waals surface area contributed by atoms with Crippen molar-refractivity contribution in [2.24, 2.45) is 0 Å². The molecule has 3 aromatic rings. The summed E-state index contributed by atoms with van der Waals surface area (Å²) < 4.78 is 63.8. The summed E-state index contributed by atoms with van der Waals surface area (Å²) in [5, 5.41) is 0.546. The molecule has 0 fully saturated rings. The Kier molecular flexibility index (Phi) is 2.80. The minimum atomic E-state index is -5.75. The van der Waals surface area contributed by atoms with Gasteiger partial charge in [0.15, 0.2) is 5.75 Å². The highest BCUT2D eigenvalue weighted by atomic mass is 32.2. The van der Waals surface area contributed by atoms with Gasteiger partial charge in [-0.1, -0.05) is 0 Å². The van der Waals surface area contributed by atoms with Crippen molar-refractivity contribution in [2.75, 3.05) is 0 Å². The summed E-state index contributed by atoms with van der Waals surface area (Å²) in [6.45, 7) is 0. The molecular weight excluding hydrogens is 311 g/mol. The number of rotatable bonds is 2. The van der Waals surface area contributed by atoms with Crippen LogP contribution in [0.5, 0.6) is 5.75 Å². The average molecular weight is 317 g/mol. The highest BCUT2D eigenvalue weighted by Crippen LogP contribution is 2.34. The molecule has 21 heavy (non-hydrogen) atoms. The molecule has 0 atom stereocenters. The molecule has 110 valence electrons. The van der Waals surface area contributed by atoms with Gasteiger partial charge in [0, 0.05) is 23.8 Å². The Balaban J connectivity index is 2.26. The number of hydrogen-bond donors (Lipinski definition) is 1. The summed E-state index contributed by atoms with van der Waals surface area (Å²) in [6.07, 6.45) is 3.97. The van der Waals surface area contributed by atoms with Crippen LogP contribution >= 0.6 is 0 Å². The van der Waals surface area contributed by atoms with Gasteiger partial charge in [0.2, 0.25) is 0 Å². The molecule has 6 nitrogen and oxygen atoms in total. The predicted octanol–water partition coefficient (Wildman–Crippen LogP) is 2.34. The molecule has 0 saturated heterocycles. The molecule has 0 aliphatic rings. The molecule has 3 aromatic heterocycles. The molecule has 1 N–H and O–H groups in total. The first-order chi connectivity index (χ1) is 9.79. The van der Waals surface area contributed by atoms with Crippen molar-refractivity contribution in [1.29, 1.82) is 0 Å². The van der Waals surface area contributed by atoms with Gasteiger partial charge in [0.05, 0.1) is 17.1 Å². The highest BCUT2D eigenvalue weighted by molar-refractivity contribution is 7.88. The van der Waals surface area contributed by atoms with Crippen molar-refractivity contribution in [3.05, 3.63) is 30.7 Å². The van der Waals surface area contributed by atoms with Crippen molar-refractivity contribution in [3.63, 3.8) is 0 Å². The third-order valence-corrected chi connectivity index (χ3v) is 3.70. The Hall–Kier alpha value is -2.36. The van der Waals surface area contributed by atoms with E-state index < -0.39 is 21.4 Å². The molecule has 0 aliphatic heterocycles. The number of hydrogen-bond acceptors (Lipinski definition) is 5. The number of aromatic amines is 1. The number of nitrogens with one attached hydrogen (secondary N) is 1. The minimum Gasteiger partial charge on any atom is -0.375 e. The van der Waals surface area contributed by atoms with Crippen LogP contribution < -0.4 is 4.18 Å². The average Bonchev–Trinajstić information content (AvgIpc) is 2.85. The lowest BCUT2D eigenvalue weighted by atomic mass is 10.2. The lowest BCUT2D eigenvalue weighted by Crippen LogP contribution is -2.28. The summed E-state index contributed by atoms with van der Waals surface area (Å²) in [4.78, 5) is 10.7. The first-order valence-electron chi connectivity index (χ1n) is 5.51. The van der Waals surface area contributed by atoms with E-state index in [-0.39, 0.29) is 10.9 Å². The van der Waals surface area contributed by atoms with Gasteiger partial charge in [-0.15, -0.1) is 0 Å². The molecule has 0 aliphatic carbocycles. The SMILES string of the molecule is O=S(=O)(Oc1ccnc2cnc3[nH]ccc3c12)C(F)(F)F. The molecule has 10 heteroatoms. The molecule has 0 aromatic carbocycles. The van der Waals surface area contributed by atoms with Crippen molar-refractivity contribution in [3.8, 4) is 5.75 Å². The molecular formula is C11H6F3N3O3S. The van der Waals surface area contributed by atoms with Crippen LogP contribution in [0.3, 0.4) is 0 Å². The lowest BCUT2D eigenvalue weighted by molar-refractivity contribution is -0.0499. The Labute approximate surface area is 115 Å². The standard InChI is InChI=1S/C11H6F3N3O3S/c12-11(13,14)21(18,19)20-8-2-4-15-7-5-17-10-6(9(7)8)1-3-16-10/h1-5H,(H,16,17). The zero-order chi connectivity index (χ0) is 15.3. The third kappa shape index (κ3) is 2.17. The van der Waals surface area contributed by atoms with Crippen LogP contribution in [-0.2, 0) is 10.1 Å². The summed E-state index contributed by atoms with van der Waals surface area (Å²) in [7, 11) is -5.75. The Morgan fingerprint density at radius 2 is 1.95 bits per heavy atom. The maximum absolute atomic E-state index is 12.4. The molecule has 0 saturated carbocycles. The largest absolute Gasteiger partial charge is 0.534 e. The Morgan fingerprint density at radius 3 is 2.67 bits per heavy atom. The van der Waals surface area contributed by atoms with Gasteiger partial charge in [-0.2, -0.15) is 21.6 Å². The van der Waals surface area contributed by atoms with Gasteiger partial charge in [-0.3, -0.25) is 4.98 Å². The van der Waals surface area contributed by atoms with Crippen molar-refractivity contribution in [2.45, 2.75) is 5.51 Å². The fourth-order valence-corrected chi connectivity index (χ4v) is 2.33. The Bertz CT molecular complexity index is 934. The van der Waals surface area contributed by atoms with E-state index in [1.54, 1.807) is 6.07 Å². The summed E-state index contributed by atoms with van der Waals surface area (Å²) in [5.41, 5.74) is -4.91. The maximum atomic E-state index is 12.4. The normalized spacial score (nSPS) is 12.9. The second-order valence-corrected chi connectivity index (χ2v) is 5.59. The van der Waals surface area contributed by atoms with Crippen molar-refractivity contribution in [1.82, 2.24) is 15.0 Å². The van der Waals surface area contributed by atoms with E-state index in [2.05, 4.69) is 19.1 Å². The van der Waals surface area contributed by atoms with Crippen LogP contribution in [-0.4, -0.2) is 28.9 Å². The maximum Gasteiger partial charge on any atom is 0.534 e. The van der Waals surface area contributed by atoms with E-state index >= 15 is 0 Å². The third-order valence-electron chi connectivity index (χ3n) is 2.74. The first-order valence-corrected chi connectivity index (χ1v) is 6.92. The summed E-state index contributed by atoms with van der Waals surface area (Å²) in [6, 6.07) is 2.59. The quantitative estimate of drug-likeness (QED) is 0.579. The van der Waals surface area contributed by atoms with E-state index in [1.165, 1.54) is 12.4 Å². The lowest BCUT2D eigenvalue weighted by Gasteiger charge is -2.11. The van der Waals surface area contributed by atoms with Gasteiger partial charge in [-0.05, 0) is 6.07 Å². The number of aromatic nitrogens is 3. The van der Waals surface area contributed by atoms with Gasteiger partial charge < -0.3 is 9.17 Å². The van der Waals surface area contributed by atoms with Gasteiger partial charge >= 0.3 is 15.6 Å². The van der Waals surface area contributed by atoms with Crippen LogP contribution in [0.2, 0.25) is 0 Å². The zero-order valence-corrected chi connectivity index (χ0v) is 10.9. The summed E-state index contributed by atoms with van der Waals surface area (Å²) in [5.74, 6) is -0.454. The van der Waals surface area contributed by atoms with Crippen molar-refractivity contribution < 1.29 is 25.8 Å². The van der Waals surface area contributed by atoms with E-state index in [0.29, 0.717) is 11.0 Å². The first kappa shape index (κ1) is 13.6. The topological polar surface area (TPSA) is 84.9 Å². The fourth-order valence-electron chi connectivity index (χ4n) is 1.86. The van der Waals surface area contributed by atoms with Gasteiger partial charge in [-0.25, -0.2) is 4.98 Å². The van der Waals surface area contributed by atoms with E-state index in [0.717, 1.165) is 12.3 Å². The number of pyridine rings is 2. The predicted molar refractivity (Wildman–Crippen MR) is 67.0 cm³/mol. The Morgan fingerprint density at radius 1 is 1.19 bits per heavy atom. The fraction of sp³-hybridized carbons (Fsp3) is 0.0909. The zero-order valence-electron chi connectivity index (χ0n) is 10.0. The van der Waals surface area contributed by atoms with E-state index in [4.69, 9.17) is 0 Å². The monoisotopic (exact) mass is 317 g/mol. The molecule has 3 heterocycles. The molecule has 0 amide bonds. The van der Waals surface area contributed by atoms with Crippen LogP contribution in [0.4, 0.5) is 13.2 Å². The smallest absolute Gasteiger partial charge is 0.375 e. The molecule has 0 bridgehead atoms. The van der Waals surface area contributed by atoms with Crippen LogP contribution in [0.15, 0.2) is 30.7 Å². The molecule has 0 spiro atoms. The van der Waals surface area contributed by atoms with Crippen LogP contribution in [0.25, 0.3) is 21.9 Å². The second-order valence-electron chi connectivity index (χ2n) is 4.05. The number of nitrogens with zero attached hydrogens (tertiary/aromatic N) is 2. The van der Waals surface area contributed by atoms with Crippen LogP contribution in [0.1, 0.15) is 0 Å². The van der Waals surface area contributed by atoms with Gasteiger partial charge in [0.25, 0.3) is 0 Å². The van der Waals surface area contributed by atoms with Crippen molar-refractivity contribution >= 4 is 32.1 Å². The molecule has 0 radical (unpaired) electrons. The number of H-pyrrole nitrogens is 1. The van der Waals surface area contributed by atoms with E-state index in [1.807, 2.05) is 0 Å². The van der Waals surface area contributed by atoms with E-state index in [9.17, 15) is 21.6 Å². The minimum absolute atomic E-state index is 0.136. The second kappa shape index (κ2) is 4.32. The van der Waals surface area contributed by atoms with Gasteiger partial charge in [0.1, 0.15) is 5.65 Å². The summed E-state index contributed by atoms with van der Waals surface area (Å²) >= 11 is 0. The number of halogens is 3.